The Morgan fingerprint density at radius 2 is 1.78 bits per heavy atom. The van der Waals surface area contributed by atoms with Crippen LogP contribution in [-0.4, -0.2) is 67.4 Å². The minimum Gasteiger partial charge on any atom is -0.507 e. The Balaban J connectivity index is 2.14. The molecule has 0 spiro atoms. The van der Waals surface area contributed by atoms with Gasteiger partial charge in [-0.15, -0.1) is 0 Å². The summed E-state index contributed by atoms with van der Waals surface area (Å²) >= 11 is 0. The average molecular weight is 445 g/mol. The van der Waals surface area contributed by atoms with Crippen molar-refractivity contribution in [3.05, 3.63) is 65.0 Å². The van der Waals surface area contributed by atoms with Crippen molar-refractivity contribution in [2.24, 2.45) is 0 Å². The highest BCUT2D eigenvalue weighted by molar-refractivity contribution is 6.46. The van der Waals surface area contributed by atoms with E-state index in [0.29, 0.717) is 17.1 Å². The Morgan fingerprint density at radius 3 is 2.41 bits per heavy atom. The first-order chi connectivity index (χ1) is 15.4. The van der Waals surface area contributed by atoms with Crippen LogP contribution in [0.5, 0.6) is 11.5 Å². The lowest BCUT2D eigenvalue weighted by Gasteiger charge is -2.26. The number of aliphatic hydroxyl groups is 2. The number of carbonyl (C=O) groups is 2. The fraction of sp³-hybridized carbons (Fsp3) is 0.304. The summed E-state index contributed by atoms with van der Waals surface area (Å²) in [5, 5.41) is 19.9. The standard InChI is InChI=1S/C23H24FNO7/c1-30-16-7-8-17(18(13-16)31-2)20-19(21(27)14-3-5-15(24)6-4-14)22(28)23(29)25(20)9-11-32-12-10-26/h3-8,13,20,26-27H,9-12H2,1-2H3. The Bertz CT molecular complexity index is 1020. The molecule has 0 bridgehead atoms. The molecule has 0 aromatic heterocycles. The van der Waals surface area contributed by atoms with Gasteiger partial charge < -0.3 is 29.3 Å². The van der Waals surface area contributed by atoms with Gasteiger partial charge in [0.25, 0.3) is 11.7 Å². The van der Waals surface area contributed by atoms with Crippen molar-refractivity contribution in [3.63, 3.8) is 0 Å². The molecule has 3 rings (SSSR count). The zero-order valence-corrected chi connectivity index (χ0v) is 17.7. The lowest BCUT2D eigenvalue weighted by atomic mass is 9.94. The molecule has 8 nitrogen and oxygen atoms in total. The van der Waals surface area contributed by atoms with E-state index in [-0.39, 0.29) is 37.5 Å². The van der Waals surface area contributed by atoms with Gasteiger partial charge in [-0.05, 0) is 36.4 Å². The van der Waals surface area contributed by atoms with Gasteiger partial charge >= 0.3 is 0 Å². The molecule has 1 unspecified atom stereocenters. The smallest absolute Gasteiger partial charge is 0.295 e. The summed E-state index contributed by atoms with van der Waals surface area (Å²) in [6.45, 7) is -0.00109. The van der Waals surface area contributed by atoms with Crippen molar-refractivity contribution in [2.75, 3.05) is 40.6 Å². The molecule has 1 heterocycles. The van der Waals surface area contributed by atoms with E-state index in [1.54, 1.807) is 18.2 Å². The van der Waals surface area contributed by atoms with Crippen molar-refractivity contribution in [1.29, 1.82) is 0 Å². The second-order valence-electron chi connectivity index (χ2n) is 6.94. The number of ketones is 1. The molecule has 0 aliphatic carbocycles. The van der Waals surface area contributed by atoms with Crippen molar-refractivity contribution >= 4 is 17.4 Å². The number of halogens is 1. The molecular formula is C23H24FNO7. The van der Waals surface area contributed by atoms with Crippen molar-refractivity contribution < 1.29 is 38.4 Å². The van der Waals surface area contributed by atoms with Crippen LogP contribution in [0.15, 0.2) is 48.0 Å². The Hall–Kier alpha value is -3.43. The molecule has 1 amide bonds. The summed E-state index contributed by atoms with van der Waals surface area (Å²) in [7, 11) is 2.93. The van der Waals surface area contributed by atoms with E-state index in [4.69, 9.17) is 19.3 Å². The average Bonchev–Trinajstić information content (AvgIpc) is 3.06. The van der Waals surface area contributed by atoms with E-state index in [1.807, 2.05) is 0 Å². The molecule has 1 aliphatic heterocycles. The second kappa shape index (κ2) is 10.3. The predicted octanol–water partition coefficient (Wildman–Crippen LogP) is 2.27. The number of aliphatic hydroxyl groups excluding tert-OH is 2. The summed E-state index contributed by atoms with van der Waals surface area (Å²) in [6, 6.07) is 8.88. The largest absolute Gasteiger partial charge is 0.507 e. The van der Waals surface area contributed by atoms with Gasteiger partial charge in [0.05, 0.1) is 45.7 Å². The van der Waals surface area contributed by atoms with Crippen LogP contribution in [0.4, 0.5) is 4.39 Å². The molecule has 1 atom stereocenters. The van der Waals surface area contributed by atoms with Gasteiger partial charge in [0, 0.05) is 23.7 Å². The molecule has 2 aromatic rings. The number of hydrogen-bond donors (Lipinski definition) is 2. The Labute approximate surface area is 184 Å². The Morgan fingerprint density at radius 1 is 1.06 bits per heavy atom. The SMILES string of the molecule is COc1ccc(C2C(=C(O)c3ccc(F)cc3)C(=O)C(=O)N2CCOCCO)c(OC)c1. The van der Waals surface area contributed by atoms with E-state index in [2.05, 4.69) is 0 Å². The summed E-state index contributed by atoms with van der Waals surface area (Å²) in [6.07, 6.45) is 0. The molecule has 0 radical (unpaired) electrons. The maximum Gasteiger partial charge on any atom is 0.295 e. The van der Waals surface area contributed by atoms with Crippen LogP contribution in [-0.2, 0) is 14.3 Å². The number of hydrogen-bond acceptors (Lipinski definition) is 7. The van der Waals surface area contributed by atoms with Crippen molar-refractivity contribution in [1.82, 2.24) is 4.90 Å². The number of amides is 1. The van der Waals surface area contributed by atoms with Crippen LogP contribution in [0, 0.1) is 5.82 Å². The lowest BCUT2D eigenvalue weighted by Crippen LogP contribution is -2.33. The first-order valence-electron chi connectivity index (χ1n) is 9.87. The third-order valence-corrected chi connectivity index (χ3v) is 5.11. The zero-order valence-electron chi connectivity index (χ0n) is 17.7. The lowest BCUT2D eigenvalue weighted by molar-refractivity contribution is -0.140. The fourth-order valence-corrected chi connectivity index (χ4v) is 3.57. The van der Waals surface area contributed by atoms with E-state index >= 15 is 0 Å². The van der Waals surface area contributed by atoms with Gasteiger partial charge in [-0.1, -0.05) is 0 Å². The summed E-state index contributed by atoms with van der Waals surface area (Å²) in [5.41, 5.74) is 0.504. The number of ether oxygens (including phenoxy) is 3. The van der Waals surface area contributed by atoms with E-state index < -0.39 is 29.3 Å². The molecule has 32 heavy (non-hydrogen) atoms. The molecule has 2 aromatic carbocycles. The maximum atomic E-state index is 13.4. The molecule has 170 valence electrons. The van der Waals surface area contributed by atoms with Crippen LogP contribution in [0.25, 0.3) is 5.76 Å². The van der Waals surface area contributed by atoms with Gasteiger partial charge in [0.2, 0.25) is 0 Å². The molecule has 1 aliphatic rings. The van der Waals surface area contributed by atoms with Gasteiger partial charge in [-0.2, -0.15) is 0 Å². The monoisotopic (exact) mass is 445 g/mol. The Kier molecular flexibility index (Phi) is 7.45. The summed E-state index contributed by atoms with van der Waals surface area (Å²) in [4.78, 5) is 27.1. The highest BCUT2D eigenvalue weighted by Gasteiger charge is 2.47. The molecule has 9 heteroatoms. The number of nitrogens with zero attached hydrogens (tertiary/aromatic N) is 1. The topological polar surface area (TPSA) is 106 Å². The molecule has 1 saturated heterocycles. The quantitative estimate of drug-likeness (QED) is 0.264. The molecular weight excluding hydrogens is 421 g/mol. The number of likely N-dealkylation sites (tertiary alicyclic amines) is 1. The number of carbonyl (C=O) groups excluding carboxylic acids is 2. The second-order valence-corrected chi connectivity index (χ2v) is 6.94. The van der Waals surface area contributed by atoms with Crippen LogP contribution in [0.3, 0.4) is 0 Å². The summed E-state index contributed by atoms with van der Waals surface area (Å²) in [5.74, 6) is -1.77. The first kappa shape index (κ1) is 23.2. The van der Waals surface area contributed by atoms with E-state index in [0.717, 1.165) is 12.1 Å². The van der Waals surface area contributed by atoms with Gasteiger partial charge in [0.15, 0.2) is 0 Å². The van der Waals surface area contributed by atoms with Crippen LogP contribution >= 0.6 is 0 Å². The fourth-order valence-electron chi connectivity index (χ4n) is 3.57. The highest BCUT2D eigenvalue weighted by Crippen LogP contribution is 2.43. The third kappa shape index (κ3) is 4.58. The number of benzene rings is 2. The van der Waals surface area contributed by atoms with Gasteiger partial charge in [0.1, 0.15) is 23.1 Å². The molecule has 0 saturated carbocycles. The van der Waals surface area contributed by atoms with Crippen LogP contribution in [0.2, 0.25) is 0 Å². The zero-order chi connectivity index (χ0) is 23.3. The maximum absolute atomic E-state index is 13.4. The van der Waals surface area contributed by atoms with Crippen LogP contribution < -0.4 is 9.47 Å². The minimum absolute atomic E-state index is 0.0324. The summed E-state index contributed by atoms with van der Waals surface area (Å²) < 4.78 is 29.3. The van der Waals surface area contributed by atoms with Gasteiger partial charge in [-0.25, -0.2) is 4.39 Å². The third-order valence-electron chi connectivity index (χ3n) is 5.11. The van der Waals surface area contributed by atoms with Crippen molar-refractivity contribution in [2.45, 2.75) is 6.04 Å². The molecule has 1 fully saturated rings. The van der Waals surface area contributed by atoms with Crippen LogP contribution in [0.1, 0.15) is 17.2 Å². The molecule has 2 N–H and O–H groups in total. The number of rotatable bonds is 9. The number of Topliss-reactive ketones (excluding diaryl/α,β-unsaturated/α-hetero) is 1. The normalized spacial score (nSPS) is 17.6. The minimum atomic E-state index is -0.973. The number of methoxy groups -OCH3 is 2. The first-order valence-corrected chi connectivity index (χ1v) is 9.87. The predicted molar refractivity (Wildman–Crippen MR) is 113 cm³/mol. The van der Waals surface area contributed by atoms with E-state index in [1.165, 1.54) is 31.3 Å². The van der Waals surface area contributed by atoms with Gasteiger partial charge in [-0.3, -0.25) is 9.59 Å². The van der Waals surface area contributed by atoms with E-state index in [9.17, 15) is 19.1 Å². The van der Waals surface area contributed by atoms with Crippen molar-refractivity contribution in [3.8, 4) is 11.5 Å². The highest BCUT2D eigenvalue weighted by atomic mass is 19.1.